The molecule has 1 aromatic carbocycles. The number of amides is 2. The first-order valence-electron chi connectivity index (χ1n) is 10.5. The van der Waals surface area contributed by atoms with Gasteiger partial charge in [-0.3, -0.25) is 9.59 Å². The lowest BCUT2D eigenvalue weighted by molar-refractivity contribution is -0.143. The molecule has 0 aromatic heterocycles. The predicted molar refractivity (Wildman–Crippen MR) is 109 cm³/mol. The molecule has 2 aliphatic heterocycles. The summed E-state index contributed by atoms with van der Waals surface area (Å²) in [6, 6.07) is 6.14. The number of piperazine rings is 1. The highest BCUT2D eigenvalue weighted by Gasteiger charge is 2.41. The molecule has 0 spiro atoms. The van der Waals surface area contributed by atoms with E-state index < -0.39 is 16.1 Å². The number of hydrogen-bond acceptors (Lipinski definition) is 4. The van der Waals surface area contributed by atoms with Gasteiger partial charge in [-0.25, -0.2) is 8.42 Å². The van der Waals surface area contributed by atoms with Gasteiger partial charge in [-0.1, -0.05) is 24.1 Å². The number of piperidine rings is 1. The van der Waals surface area contributed by atoms with Gasteiger partial charge in [0.1, 0.15) is 6.04 Å². The van der Waals surface area contributed by atoms with Crippen LogP contribution >= 0.6 is 0 Å². The molecule has 7 nitrogen and oxygen atoms in total. The summed E-state index contributed by atoms with van der Waals surface area (Å²) in [4.78, 5) is 29.3. The predicted octanol–water partition coefficient (Wildman–Crippen LogP) is 1.62. The highest BCUT2D eigenvalue weighted by Crippen LogP contribution is 2.31. The number of nitrogens with zero attached hydrogens (tertiary/aromatic N) is 3. The molecule has 2 heterocycles. The minimum absolute atomic E-state index is 0.126. The maximum absolute atomic E-state index is 13.2. The van der Waals surface area contributed by atoms with Gasteiger partial charge in [0.25, 0.3) is 0 Å². The van der Waals surface area contributed by atoms with Gasteiger partial charge in [-0.05, 0) is 44.7 Å². The Bertz CT molecular complexity index is 872. The second kappa shape index (κ2) is 8.07. The second-order valence-corrected chi connectivity index (χ2v) is 10.3. The number of hydrogen-bond donors (Lipinski definition) is 0. The number of carbonyl (C=O) groups excluding carboxylic acids is 2. The molecule has 1 aromatic rings. The number of benzene rings is 1. The van der Waals surface area contributed by atoms with E-state index in [1.165, 1.54) is 4.31 Å². The zero-order valence-corrected chi connectivity index (χ0v) is 17.7. The Hall–Kier alpha value is -1.93. The fourth-order valence-corrected chi connectivity index (χ4v) is 5.88. The van der Waals surface area contributed by atoms with Crippen LogP contribution in [0.1, 0.15) is 37.7 Å². The summed E-state index contributed by atoms with van der Waals surface area (Å²) < 4.78 is 27.8. The van der Waals surface area contributed by atoms with Crippen molar-refractivity contribution in [1.29, 1.82) is 0 Å². The van der Waals surface area contributed by atoms with Crippen molar-refractivity contribution in [3.8, 4) is 0 Å². The minimum Gasteiger partial charge on any atom is -0.339 e. The van der Waals surface area contributed by atoms with Gasteiger partial charge in [-0.2, -0.15) is 4.31 Å². The molecule has 1 aliphatic carbocycles. The Labute approximate surface area is 172 Å². The van der Waals surface area contributed by atoms with E-state index in [9.17, 15) is 18.0 Å². The lowest BCUT2D eigenvalue weighted by Gasteiger charge is -2.40. The van der Waals surface area contributed by atoms with Crippen LogP contribution in [0.5, 0.6) is 0 Å². The van der Waals surface area contributed by atoms with Crippen molar-refractivity contribution in [3.63, 3.8) is 0 Å². The monoisotopic (exact) mass is 419 g/mol. The van der Waals surface area contributed by atoms with Crippen LogP contribution in [-0.2, 0) is 19.6 Å². The molecule has 158 valence electrons. The number of carbonyl (C=O) groups is 2. The summed E-state index contributed by atoms with van der Waals surface area (Å²) in [5.41, 5.74) is 0.994. The number of rotatable bonds is 4. The Kier molecular flexibility index (Phi) is 5.66. The molecule has 1 saturated carbocycles. The summed E-state index contributed by atoms with van der Waals surface area (Å²) in [5, 5.41) is 0. The zero-order chi connectivity index (χ0) is 20.6. The first kappa shape index (κ1) is 20.3. The third-order valence-electron chi connectivity index (χ3n) is 6.20. The van der Waals surface area contributed by atoms with Crippen LogP contribution in [0.2, 0.25) is 0 Å². The molecule has 3 fully saturated rings. The molecule has 1 unspecified atom stereocenters. The largest absolute Gasteiger partial charge is 0.339 e. The molecule has 4 rings (SSSR count). The van der Waals surface area contributed by atoms with Crippen molar-refractivity contribution < 1.29 is 18.0 Å². The minimum atomic E-state index is -3.72. The Morgan fingerprint density at radius 2 is 1.41 bits per heavy atom. The van der Waals surface area contributed by atoms with Crippen LogP contribution in [0, 0.1) is 12.8 Å². The van der Waals surface area contributed by atoms with Crippen LogP contribution in [0.25, 0.3) is 0 Å². The van der Waals surface area contributed by atoms with Gasteiger partial charge in [0, 0.05) is 38.6 Å². The zero-order valence-electron chi connectivity index (χ0n) is 16.9. The second-order valence-electron chi connectivity index (χ2n) is 8.37. The first-order valence-corrected chi connectivity index (χ1v) is 12.0. The molecule has 2 saturated heterocycles. The maximum Gasteiger partial charge on any atom is 0.243 e. The Morgan fingerprint density at radius 3 is 2.00 bits per heavy atom. The van der Waals surface area contributed by atoms with E-state index in [-0.39, 0.29) is 22.6 Å². The molecular formula is C21H29N3O4S. The van der Waals surface area contributed by atoms with Crippen molar-refractivity contribution >= 4 is 21.8 Å². The van der Waals surface area contributed by atoms with Gasteiger partial charge in [0.15, 0.2) is 0 Å². The molecule has 0 radical (unpaired) electrons. The van der Waals surface area contributed by atoms with Crippen LogP contribution in [-0.4, -0.2) is 73.1 Å². The van der Waals surface area contributed by atoms with E-state index in [0.29, 0.717) is 39.1 Å². The Morgan fingerprint density at radius 1 is 0.828 bits per heavy atom. The molecule has 0 N–H and O–H groups in total. The van der Waals surface area contributed by atoms with E-state index >= 15 is 0 Å². The smallest absolute Gasteiger partial charge is 0.243 e. The average molecular weight is 420 g/mol. The average Bonchev–Trinajstić information content (AvgIpc) is 3.58. The van der Waals surface area contributed by atoms with Crippen LogP contribution in [0.3, 0.4) is 0 Å². The van der Waals surface area contributed by atoms with E-state index in [0.717, 1.165) is 31.2 Å². The van der Waals surface area contributed by atoms with Gasteiger partial charge in [0.2, 0.25) is 21.8 Å². The third kappa shape index (κ3) is 4.19. The lowest BCUT2D eigenvalue weighted by Crippen LogP contribution is -2.57. The topological polar surface area (TPSA) is 78.0 Å². The van der Waals surface area contributed by atoms with Crippen molar-refractivity contribution in [2.75, 3.05) is 32.7 Å². The normalized spacial score (nSPS) is 23.8. The summed E-state index contributed by atoms with van der Waals surface area (Å²) in [6.07, 6.45) is 4.11. The summed E-state index contributed by atoms with van der Waals surface area (Å²) in [7, 11) is -3.72. The molecule has 8 heteroatoms. The lowest BCUT2D eigenvalue weighted by atomic mass is 10.0. The summed E-state index contributed by atoms with van der Waals surface area (Å²) >= 11 is 0. The fraction of sp³-hybridized carbons (Fsp3) is 0.619. The van der Waals surface area contributed by atoms with Crippen molar-refractivity contribution in [2.45, 2.75) is 50.0 Å². The highest BCUT2D eigenvalue weighted by molar-refractivity contribution is 7.89. The molecular weight excluding hydrogens is 390 g/mol. The quantitative estimate of drug-likeness (QED) is 0.743. The van der Waals surface area contributed by atoms with E-state index in [1.807, 2.05) is 11.8 Å². The molecule has 3 aliphatic rings. The van der Waals surface area contributed by atoms with Crippen LogP contribution in [0.15, 0.2) is 29.2 Å². The number of aryl methyl sites for hydroxylation is 1. The van der Waals surface area contributed by atoms with Gasteiger partial charge in [0.05, 0.1) is 4.90 Å². The van der Waals surface area contributed by atoms with Gasteiger partial charge in [-0.15, -0.1) is 0 Å². The highest BCUT2D eigenvalue weighted by atomic mass is 32.2. The maximum atomic E-state index is 13.2. The molecule has 2 amide bonds. The first-order chi connectivity index (χ1) is 13.9. The fourth-order valence-electron chi connectivity index (χ4n) is 4.23. The molecule has 29 heavy (non-hydrogen) atoms. The van der Waals surface area contributed by atoms with Crippen LogP contribution < -0.4 is 0 Å². The molecule has 0 bridgehead atoms. The summed E-state index contributed by atoms with van der Waals surface area (Å²) in [5.74, 6) is 0.267. The Balaban J connectivity index is 1.46. The van der Waals surface area contributed by atoms with Gasteiger partial charge < -0.3 is 9.80 Å². The van der Waals surface area contributed by atoms with E-state index in [1.54, 1.807) is 29.2 Å². The van der Waals surface area contributed by atoms with Crippen molar-refractivity contribution in [1.82, 2.24) is 14.1 Å². The van der Waals surface area contributed by atoms with E-state index in [4.69, 9.17) is 0 Å². The molecule has 1 atom stereocenters. The SMILES string of the molecule is Cc1ccc(S(=O)(=O)N2CCCCC2C(=O)N2CCN(C(=O)C3CC3)CC2)cc1. The van der Waals surface area contributed by atoms with Crippen LogP contribution in [0.4, 0.5) is 0 Å². The van der Waals surface area contributed by atoms with Gasteiger partial charge >= 0.3 is 0 Å². The standard InChI is InChI=1S/C21H29N3O4S/c1-16-5-9-18(10-6-16)29(27,28)24-11-3-2-4-19(24)21(26)23-14-12-22(13-15-23)20(25)17-7-8-17/h5-6,9-10,17,19H,2-4,7-8,11-15H2,1H3. The van der Waals surface area contributed by atoms with E-state index in [2.05, 4.69) is 0 Å². The number of sulfonamides is 1. The third-order valence-corrected chi connectivity index (χ3v) is 8.12. The summed E-state index contributed by atoms with van der Waals surface area (Å²) in [6.45, 7) is 4.32. The van der Waals surface area contributed by atoms with Crippen molar-refractivity contribution in [2.24, 2.45) is 5.92 Å². The van der Waals surface area contributed by atoms with Crippen molar-refractivity contribution in [3.05, 3.63) is 29.8 Å².